The van der Waals surface area contributed by atoms with Crippen LogP contribution in [0.5, 0.6) is 0 Å². The predicted octanol–water partition coefficient (Wildman–Crippen LogP) is 3.42. The molecular formula is C13H23N3S. The largest absolute Gasteiger partial charge is 0.370 e. The average molecular weight is 253 g/mol. The van der Waals surface area contributed by atoms with Crippen molar-refractivity contribution in [3.05, 3.63) is 17.1 Å². The van der Waals surface area contributed by atoms with E-state index in [1.54, 1.807) is 0 Å². The lowest BCUT2D eigenvalue weighted by Crippen LogP contribution is -2.09. The van der Waals surface area contributed by atoms with Gasteiger partial charge in [0.25, 0.3) is 0 Å². The summed E-state index contributed by atoms with van der Waals surface area (Å²) < 4.78 is 0. The topological polar surface area (TPSA) is 37.8 Å². The van der Waals surface area contributed by atoms with Crippen LogP contribution in [0.15, 0.2) is 0 Å². The highest BCUT2D eigenvalue weighted by Gasteiger charge is 2.10. The van der Waals surface area contributed by atoms with Gasteiger partial charge < -0.3 is 5.32 Å². The summed E-state index contributed by atoms with van der Waals surface area (Å²) in [6.07, 6.45) is 0.978. The fourth-order valence-electron chi connectivity index (χ4n) is 1.70. The van der Waals surface area contributed by atoms with Crippen LogP contribution in [0.4, 0.5) is 5.82 Å². The number of nitrogens with zero attached hydrogens (tertiary/aromatic N) is 2. The van der Waals surface area contributed by atoms with Gasteiger partial charge in [-0.25, -0.2) is 9.97 Å². The molecule has 4 heteroatoms. The molecular weight excluding hydrogens is 230 g/mol. The summed E-state index contributed by atoms with van der Waals surface area (Å²) in [5.74, 6) is 2.84. The highest BCUT2D eigenvalue weighted by atomic mass is 32.2. The van der Waals surface area contributed by atoms with Gasteiger partial charge >= 0.3 is 0 Å². The van der Waals surface area contributed by atoms with E-state index in [-0.39, 0.29) is 0 Å². The summed E-state index contributed by atoms with van der Waals surface area (Å²) >= 11 is 1.88. The quantitative estimate of drug-likeness (QED) is 0.843. The van der Waals surface area contributed by atoms with Gasteiger partial charge in [0.15, 0.2) is 0 Å². The Morgan fingerprint density at radius 1 is 1.24 bits per heavy atom. The maximum Gasteiger partial charge on any atom is 0.140 e. The zero-order chi connectivity index (χ0) is 12.8. The number of anilines is 1. The van der Waals surface area contributed by atoms with E-state index in [1.807, 2.05) is 11.8 Å². The van der Waals surface area contributed by atoms with Gasteiger partial charge in [0.05, 0.1) is 5.75 Å². The van der Waals surface area contributed by atoms with Crippen molar-refractivity contribution in [3.63, 3.8) is 0 Å². The lowest BCUT2D eigenvalue weighted by Gasteiger charge is -2.13. The smallest absolute Gasteiger partial charge is 0.140 e. The van der Waals surface area contributed by atoms with E-state index in [0.29, 0.717) is 5.25 Å². The van der Waals surface area contributed by atoms with Gasteiger partial charge in [-0.1, -0.05) is 20.8 Å². The first-order chi connectivity index (χ1) is 8.08. The zero-order valence-corrected chi connectivity index (χ0v) is 12.3. The molecule has 0 spiro atoms. The number of aryl methyl sites for hydroxylation is 1. The molecule has 0 bridgehead atoms. The first-order valence-electron chi connectivity index (χ1n) is 6.30. The van der Waals surface area contributed by atoms with E-state index in [0.717, 1.165) is 36.1 Å². The van der Waals surface area contributed by atoms with Gasteiger partial charge in [0, 0.05) is 17.8 Å². The van der Waals surface area contributed by atoms with Crippen molar-refractivity contribution in [1.82, 2.24) is 9.97 Å². The molecule has 0 atom stereocenters. The van der Waals surface area contributed by atoms with Crippen molar-refractivity contribution in [2.24, 2.45) is 0 Å². The Hall–Kier alpha value is -0.770. The minimum absolute atomic E-state index is 0.618. The van der Waals surface area contributed by atoms with Gasteiger partial charge in [0.2, 0.25) is 0 Å². The molecule has 0 aliphatic heterocycles. The van der Waals surface area contributed by atoms with Crippen LogP contribution in [0.25, 0.3) is 0 Å². The van der Waals surface area contributed by atoms with Gasteiger partial charge in [0.1, 0.15) is 11.6 Å². The van der Waals surface area contributed by atoms with E-state index in [1.165, 1.54) is 5.56 Å². The number of aromatic nitrogens is 2. The second-order valence-corrected chi connectivity index (χ2v) is 5.86. The van der Waals surface area contributed by atoms with Crippen molar-refractivity contribution in [1.29, 1.82) is 0 Å². The van der Waals surface area contributed by atoms with Crippen LogP contribution in [-0.4, -0.2) is 21.8 Å². The fourth-order valence-corrected chi connectivity index (χ4v) is 2.31. The highest BCUT2D eigenvalue weighted by molar-refractivity contribution is 7.99. The molecule has 0 aliphatic rings. The summed E-state index contributed by atoms with van der Waals surface area (Å²) in [4.78, 5) is 9.21. The van der Waals surface area contributed by atoms with E-state index < -0.39 is 0 Å². The molecule has 1 rings (SSSR count). The number of hydrogen-bond acceptors (Lipinski definition) is 4. The van der Waals surface area contributed by atoms with Crippen LogP contribution >= 0.6 is 11.8 Å². The van der Waals surface area contributed by atoms with Crippen LogP contribution in [-0.2, 0) is 12.2 Å². The summed E-state index contributed by atoms with van der Waals surface area (Å²) in [6, 6.07) is 0. The number of thioether (sulfide) groups is 1. The van der Waals surface area contributed by atoms with Crippen molar-refractivity contribution in [2.45, 2.75) is 52.0 Å². The third-order valence-corrected chi connectivity index (χ3v) is 3.60. The molecule has 17 heavy (non-hydrogen) atoms. The van der Waals surface area contributed by atoms with E-state index >= 15 is 0 Å². The molecule has 0 saturated heterocycles. The van der Waals surface area contributed by atoms with Crippen LogP contribution in [0.1, 0.15) is 44.8 Å². The lowest BCUT2D eigenvalue weighted by molar-refractivity contribution is 0.930. The molecule has 3 nitrogen and oxygen atoms in total. The molecule has 1 heterocycles. The molecule has 1 aromatic heterocycles. The Morgan fingerprint density at radius 3 is 2.47 bits per heavy atom. The van der Waals surface area contributed by atoms with E-state index in [9.17, 15) is 0 Å². The molecule has 0 saturated carbocycles. The van der Waals surface area contributed by atoms with Gasteiger partial charge in [-0.05, 0) is 25.5 Å². The summed E-state index contributed by atoms with van der Waals surface area (Å²) in [5, 5.41) is 3.95. The molecule has 0 fully saturated rings. The first-order valence-corrected chi connectivity index (χ1v) is 7.35. The minimum Gasteiger partial charge on any atom is -0.370 e. The molecule has 0 aromatic carbocycles. The van der Waals surface area contributed by atoms with Crippen molar-refractivity contribution >= 4 is 17.6 Å². The molecule has 0 radical (unpaired) electrons. The van der Waals surface area contributed by atoms with Crippen LogP contribution in [0.2, 0.25) is 0 Å². The first kappa shape index (κ1) is 14.3. The lowest BCUT2D eigenvalue weighted by atomic mass is 10.1. The fraction of sp³-hybridized carbons (Fsp3) is 0.692. The standard InChI is InChI=1S/C13H23N3S/c1-6-11-10(5)15-12(8-17-9(3)4)16-13(11)14-7-2/h9H,6-8H2,1-5H3,(H,14,15,16). The molecule has 1 N–H and O–H groups in total. The third kappa shape index (κ3) is 4.19. The van der Waals surface area contributed by atoms with Crippen LogP contribution < -0.4 is 5.32 Å². The van der Waals surface area contributed by atoms with Crippen molar-refractivity contribution in [2.75, 3.05) is 11.9 Å². The third-order valence-electron chi connectivity index (χ3n) is 2.50. The van der Waals surface area contributed by atoms with Gasteiger partial charge in [-0.3, -0.25) is 0 Å². The summed E-state index contributed by atoms with van der Waals surface area (Å²) in [7, 11) is 0. The summed E-state index contributed by atoms with van der Waals surface area (Å²) in [6.45, 7) is 11.6. The second-order valence-electron chi connectivity index (χ2n) is 4.30. The normalized spacial score (nSPS) is 10.9. The Bertz CT molecular complexity index is 364. The SMILES string of the molecule is CCNc1nc(CSC(C)C)nc(C)c1CC. The number of nitrogens with one attached hydrogen (secondary N) is 1. The molecule has 0 aliphatic carbocycles. The second kappa shape index (κ2) is 6.84. The van der Waals surface area contributed by atoms with Crippen LogP contribution in [0.3, 0.4) is 0 Å². The summed E-state index contributed by atoms with van der Waals surface area (Å²) in [5.41, 5.74) is 2.35. The van der Waals surface area contributed by atoms with E-state index in [4.69, 9.17) is 0 Å². The Morgan fingerprint density at radius 2 is 1.94 bits per heavy atom. The maximum absolute atomic E-state index is 4.62. The van der Waals surface area contributed by atoms with Gasteiger partial charge in [-0.2, -0.15) is 11.8 Å². The Labute approximate surface area is 109 Å². The van der Waals surface area contributed by atoms with Gasteiger partial charge in [-0.15, -0.1) is 0 Å². The van der Waals surface area contributed by atoms with Crippen molar-refractivity contribution in [3.8, 4) is 0 Å². The van der Waals surface area contributed by atoms with E-state index in [2.05, 4.69) is 49.9 Å². The number of rotatable bonds is 6. The number of hydrogen-bond donors (Lipinski definition) is 1. The van der Waals surface area contributed by atoms with Crippen molar-refractivity contribution < 1.29 is 0 Å². The zero-order valence-electron chi connectivity index (χ0n) is 11.5. The average Bonchev–Trinajstić information content (AvgIpc) is 2.26. The van der Waals surface area contributed by atoms with Crippen LogP contribution in [0, 0.1) is 6.92 Å². The molecule has 96 valence electrons. The molecule has 0 amide bonds. The molecule has 1 aromatic rings. The minimum atomic E-state index is 0.618. The molecule has 0 unspecified atom stereocenters. The Balaban J connectivity index is 2.93. The Kier molecular flexibility index (Phi) is 5.75. The highest BCUT2D eigenvalue weighted by Crippen LogP contribution is 2.20. The maximum atomic E-state index is 4.62. The predicted molar refractivity (Wildman–Crippen MR) is 76.7 cm³/mol. The monoisotopic (exact) mass is 253 g/mol.